The van der Waals surface area contributed by atoms with Crippen molar-refractivity contribution in [3.8, 4) is 0 Å². The molecule has 0 aliphatic heterocycles. The highest BCUT2D eigenvalue weighted by molar-refractivity contribution is 7.10. The van der Waals surface area contributed by atoms with E-state index in [2.05, 4.69) is 11.4 Å². The third-order valence-corrected chi connectivity index (χ3v) is 5.03. The second-order valence-corrected chi connectivity index (χ2v) is 5.83. The summed E-state index contributed by atoms with van der Waals surface area (Å²) in [5.74, 6) is 0.672. The number of aryl methyl sites for hydroxylation is 1. The zero-order chi connectivity index (χ0) is 9.60. The minimum absolute atomic E-state index is 0.163. The van der Waals surface area contributed by atoms with Crippen molar-refractivity contribution in [2.45, 2.75) is 50.0 Å². The average Bonchev–Trinajstić information content (AvgIpc) is 2.61. The third-order valence-electron chi connectivity index (χ3n) is 4.03. The molecular weight excluding hydrogens is 190 g/mol. The van der Waals surface area contributed by atoms with Gasteiger partial charge in [0.1, 0.15) is 0 Å². The summed E-state index contributed by atoms with van der Waals surface area (Å²) in [7, 11) is 0. The first-order valence-electron chi connectivity index (χ1n) is 5.65. The van der Waals surface area contributed by atoms with Crippen molar-refractivity contribution in [1.29, 1.82) is 0 Å². The fraction of sp³-hybridized carbons (Fsp3) is 0.667. The van der Waals surface area contributed by atoms with E-state index in [1.165, 1.54) is 38.5 Å². The largest absolute Gasteiger partial charge is 0.325 e. The van der Waals surface area contributed by atoms with Crippen LogP contribution in [-0.4, -0.2) is 5.54 Å². The fourth-order valence-corrected chi connectivity index (χ4v) is 4.00. The first-order chi connectivity index (χ1) is 6.80. The van der Waals surface area contributed by atoms with Crippen LogP contribution < -0.4 is 5.73 Å². The number of thiophene rings is 1. The van der Waals surface area contributed by atoms with Crippen LogP contribution >= 0.6 is 11.3 Å². The zero-order valence-electron chi connectivity index (χ0n) is 8.46. The van der Waals surface area contributed by atoms with E-state index in [0.717, 1.165) is 0 Å². The monoisotopic (exact) mass is 207 g/mol. The van der Waals surface area contributed by atoms with Gasteiger partial charge in [-0.15, -0.1) is 11.3 Å². The molecule has 2 aliphatic carbocycles. The topological polar surface area (TPSA) is 26.0 Å². The summed E-state index contributed by atoms with van der Waals surface area (Å²) >= 11 is 1.92. The number of rotatable bonds is 1. The van der Waals surface area contributed by atoms with Crippen LogP contribution in [0.15, 0.2) is 11.4 Å². The second-order valence-electron chi connectivity index (χ2n) is 4.83. The molecule has 76 valence electrons. The molecule has 2 N–H and O–H groups in total. The van der Waals surface area contributed by atoms with Crippen LogP contribution in [0.3, 0.4) is 0 Å². The molecule has 1 aromatic rings. The maximum atomic E-state index is 6.46. The van der Waals surface area contributed by atoms with E-state index >= 15 is 0 Å². The van der Waals surface area contributed by atoms with Crippen LogP contribution in [-0.2, 0) is 6.42 Å². The Hall–Kier alpha value is -0.340. The molecular formula is C12H17NS. The predicted octanol–water partition coefficient (Wildman–Crippen LogP) is 3.05. The van der Waals surface area contributed by atoms with E-state index in [4.69, 9.17) is 5.73 Å². The third kappa shape index (κ3) is 1.17. The molecule has 0 bridgehead atoms. The van der Waals surface area contributed by atoms with Gasteiger partial charge in [-0.3, -0.25) is 0 Å². The van der Waals surface area contributed by atoms with Crippen LogP contribution in [0, 0.1) is 0 Å². The Labute approximate surface area is 89.3 Å². The standard InChI is InChI=1S/C12H17NS/c13-12(6-2-7-12)10-3-1-4-11-9(10)5-8-14-11/h5,8,10H,1-4,6-7,13H2. The molecule has 1 atom stereocenters. The molecule has 0 aromatic carbocycles. The molecule has 1 heterocycles. The van der Waals surface area contributed by atoms with E-state index in [1.54, 1.807) is 10.4 Å². The van der Waals surface area contributed by atoms with Gasteiger partial charge in [-0.2, -0.15) is 0 Å². The fourth-order valence-electron chi connectivity index (χ4n) is 3.02. The van der Waals surface area contributed by atoms with Gasteiger partial charge in [0, 0.05) is 16.3 Å². The van der Waals surface area contributed by atoms with Crippen LogP contribution in [0.1, 0.15) is 48.5 Å². The highest BCUT2D eigenvalue weighted by atomic mass is 32.1. The lowest BCUT2D eigenvalue weighted by Gasteiger charge is -2.46. The Bertz CT molecular complexity index is 338. The Balaban J connectivity index is 1.96. The van der Waals surface area contributed by atoms with Gasteiger partial charge < -0.3 is 5.73 Å². The van der Waals surface area contributed by atoms with Crippen LogP contribution in [0.2, 0.25) is 0 Å². The first-order valence-corrected chi connectivity index (χ1v) is 6.53. The summed E-state index contributed by atoms with van der Waals surface area (Å²) in [6.07, 6.45) is 7.78. The molecule has 1 saturated carbocycles. The Morgan fingerprint density at radius 3 is 2.93 bits per heavy atom. The maximum absolute atomic E-state index is 6.46. The van der Waals surface area contributed by atoms with E-state index in [9.17, 15) is 0 Å². The van der Waals surface area contributed by atoms with E-state index < -0.39 is 0 Å². The lowest BCUT2D eigenvalue weighted by atomic mass is 9.64. The molecule has 2 aliphatic rings. The van der Waals surface area contributed by atoms with Crippen molar-refractivity contribution in [1.82, 2.24) is 0 Å². The maximum Gasteiger partial charge on any atom is 0.0224 e. The molecule has 1 aromatic heterocycles. The van der Waals surface area contributed by atoms with Crippen molar-refractivity contribution < 1.29 is 0 Å². The van der Waals surface area contributed by atoms with E-state index in [-0.39, 0.29) is 5.54 Å². The van der Waals surface area contributed by atoms with Crippen molar-refractivity contribution in [2.24, 2.45) is 5.73 Å². The summed E-state index contributed by atoms with van der Waals surface area (Å²) in [6, 6.07) is 2.32. The summed E-state index contributed by atoms with van der Waals surface area (Å²) in [5.41, 5.74) is 8.21. The Morgan fingerprint density at radius 2 is 2.21 bits per heavy atom. The molecule has 0 radical (unpaired) electrons. The van der Waals surface area contributed by atoms with Gasteiger partial charge >= 0.3 is 0 Å². The van der Waals surface area contributed by atoms with Crippen LogP contribution in [0.25, 0.3) is 0 Å². The molecule has 0 amide bonds. The number of fused-ring (bicyclic) bond motifs is 1. The summed E-state index contributed by atoms with van der Waals surface area (Å²) in [6.45, 7) is 0. The molecule has 3 rings (SSSR count). The van der Waals surface area contributed by atoms with Crippen LogP contribution in [0.4, 0.5) is 0 Å². The summed E-state index contributed by atoms with van der Waals surface area (Å²) in [5, 5.41) is 2.24. The van der Waals surface area contributed by atoms with Gasteiger partial charge in [-0.25, -0.2) is 0 Å². The summed E-state index contributed by atoms with van der Waals surface area (Å²) in [4.78, 5) is 1.61. The Kier molecular flexibility index (Phi) is 1.96. The van der Waals surface area contributed by atoms with E-state index in [1.807, 2.05) is 11.3 Å². The lowest BCUT2D eigenvalue weighted by molar-refractivity contribution is 0.187. The van der Waals surface area contributed by atoms with Crippen molar-refractivity contribution in [2.75, 3.05) is 0 Å². The zero-order valence-corrected chi connectivity index (χ0v) is 9.28. The molecule has 14 heavy (non-hydrogen) atoms. The smallest absolute Gasteiger partial charge is 0.0224 e. The second kappa shape index (κ2) is 3.07. The SMILES string of the molecule is NC1(C2CCCc3sccc32)CCC1. The molecule has 1 unspecified atom stereocenters. The Morgan fingerprint density at radius 1 is 1.36 bits per heavy atom. The molecule has 0 spiro atoms. The number of nitrogens with two attached hydrogens (primary N) is 1. The van der Waals surface area contributed by atoms with Gasteiger partial charge in [-0.1, -0.05) is 0 Å². The van der Waals surface area contributed by atoms with Gasteiger partial charge in [0.25, 0.3) is 0 Å². The number of hydrogen-bond acceptors (Lipinski definition) is 2. The first kappa shape index (κ1) is 8.93. The minimum atomic E-state index is 0.163. The van der Waals surface area contributed by atoms with Crippen molar-refractivity contribution in [3.63, 3.8) is 0 Å². The quantitative estimate of drug-likeness (QED) is 0.752. The normalized spacial score (nSPS) is 29.4. The minimum Gasteiger partial charge on any atom is -0.325 e. The average molecular weight is 207 g/mol. The van der Waals surface area contributed by atoms with Gasteiger partial charge in [0.05, 0.1) is 0 Å². The van der Waals surface area contributed by atoms with E-state index in [0.29, 0.717) is 5.92 Å². The predicted molar refractivity (Wildman–Crippen MR) is 60.8 cm³/mol. The summed E-state index contributed by atoms with van der Waals surface area (Å²) < 4.78 is 0. The van der Waals surface area contributed by atoms with Crippen LogP contribution in [0.5, 0.6) is 0 Å². The molecule has 1 fully saturated rings. The molecule has 1 nitrogen and oxygen atoms in total. The lowest BCUT2D eigenvalue weighted by Crippen LogP contribution is -2.52. The molecule has 0 saturated heterocycles. The van der Waals surface area contributed by atoms with Gasteiger partial charge in [0.2, 0.25) is 0 Å². The van der Waals surface area contributed by atoms with Crippen molar-refractivity contribution >= 4 is 11.3 Å². The van der Waals surface area contributed by atoms with Gasteiger partial charge in [-0.05, 0) is 55.5 Å². The van der Waals surface area contributed by atoms with Gasteiger partial charge in [0.15, 0.2) is 0 Å². The molecule has 2 heteroatoms. The highest BCUT2D eigenvalue weighted by Gasteiger charge is 2.42. The number of hydrogen-bond donors (Lipinski definition) is 1. The highest BCUT2D eigenvalue weighted by Crippen LogP contribution is 2.48. The van der Waals surface area contributed by atoms with Crippen molar-refractivity contribution in [3.05, 3.63) is 21.9 Å².